The van der Waals surface area contributed by atoms with Gasteiger partial charge >= 0.3 is 5.69 Å². The summed E-state index contributed by atoms with van der Waals surface area (Å²) in [7, 11) is 0. The SMILES string of the molecule is Cc1noc(/C=C/c2ccc(Cl)cc2Cl)c1[N+](=O)[O-]. The Bertz CT molecular complexity index is 665. The molecule has 7 heteroatoms. The van der Waals surface area contributed by atoms with Gasteiger partial charge in [0.25, 0.3) is 0 Å². The largest absolute Gasteiger partial charge is 0.349 e. The summed E-state index contributed by atoms with van der Waals surface area (Å²) in [6.07, 6.45) is 3.05. The fourth-order valence-electron chi connectivity index (χ4n) is 1.52. The quantitative estimate of drug-likeness (QED) is 0.623. The molecule has 1 aromatic heterocycles. The summed E-state index contributed by atoms with van der Waals surface area (Å²) in [5.74, 6) is 0.0773. The monoisotopic (exact) mass is 298 g/mol. The minimum Gasteiger partial charge on any atom is -0.349 e. The van der Waals surface area contributed by atoms with E-state index in [1.165, 1.54) is 13.0 Å². The van der Waals surface area contributed by atoms with Crippen LogP contribution >= 0.6 is 23.2 Å². The molecule has 0 fully saturated rings. The first kappa shape index (κ1) is 13.6. The van der Waals surface area contributed by atoms with Crippen LogP contribution in [0.1, 0.15) is 17.0 Å². The van der Waals surface area contributed by atoms with Crippen LogP contribution in [0.15, 0.2) is 22.7 Å². The number of benzene rings is 1. The molecule has 0 aliphatic heterocycles. The zero-order valence-corrected chi connectivity index (χ0v) is 11.3. The molecule has 0 radical (unpaired) electrons. The Morgan fingerprint density at radius 2 is 2.11 bits per heavy atom. The van der Waals surface area contributed by atoms with E-state index in [1.54, 1.807) is 24.3 Å². The maximum absolute atomic E-state index is 10.9. The van der Waals surface area contributed by atoms with E-state index in [0.717, 1.165) is 0 Å². The van der Waals surface area contributed by atoms with Crippen molar-refractivity contribution in [3.63, 3.8) is 0 Å². The Morgan fingerprint density at radius 3 is 2.74 bits per heavy atom. The number of rotatable bonds is 3. The summed E-state index contributed by atoms with van der Waals surface area (Å²) in [6.45, 7) is 1.51. The molecule has 0 unspecified atom stereocenters. The van der Waals surface area contributed by atoms with Crippen LogP contribution in [0, 0.1) is 17.0 Å². The van der Waals surface area contributed by atoms with E-state index in [-0.39, 0.29) is 17.1 Å². The van der Waals surface area contributed by atoms with Gasteiger partial charge in [-0.3, -0.25) is 10.1 Å². The maximum Gasteiger partial charge on any atom is 0.338 e. The van der Waals surface area contributed by atoms with Crippen LogP contribution in [-0.2, 0) is 0 Å². The van der Waals surface area contributed by atoms with Gasteiger partial charge in [0.05, 0.1) is 4.92 Å². The fraction of sp³-hybridized carbons (Fsp3) is 0.0833. The van der Waals surface area contributed by atoms with E-state index in [4.69, 9.17) is 27.7 Å². The summed E-state index contributed by atoms with van der Waals surface area (Å²) in [6, 6.07) is 4.96. The smallest absolute Gasteiger partial charge is 0.338 e. The predicted octanol–water partition coefficient (Wildman–Crippen LogP) is 4.37. The van der Waals surface area contributed by atoms with E-state index < -0.39 is 4.92 Å². The van der Waals surface area contributed by atoms with Crippen molar-refractivity contribution in [2.45, 2.75) is 6.92 Å². The molecular formula is C12H8Cl2N2O3. The van der Waals surface area contributed by atoms with Crippen molar-refractivity contribution >= 4 is 41.0 Å². The zero-order chi connectivity index (χ0) is 14.0. The molecule has 0 saturated carbocycles. The highest BCUT2D eigenvalue weighted by atomic mass is 35.5. The number of hydrogen-bond donors (Lipinski definition) is 0. The van der Waals surface area contributed by atoms with Gasteiger partial charge < -0.3 is 4.52 Å². The van der Waals surface area contributed by atoms with E-state index in [9.17, 15) is 10.1 Å². The molecular weight excluding hydrogens is 291 g/mol. The molecule has 0 saturated heterocycles. The number of hydrogen-bond acceptors (Lipinski definition) is 4. The van der Waals surface area contributed by atoms with Gasteiger partial charge in [0.2, 0.25) is 5.76 Å². The highest BCUT2D eigenvalue weighted by Crippen LogP contribution is 2.27. The Balaban J connectivity index is 2.35. The first-order valence-corrected chi connectivity index (χ1v) is 5.98. The van der Waals surface area contributed by atoms with Crippen molar-refractivity contribution in [2.75, 3.05) is 0 Å². The first-order valence-electron chi connectivity index (χ1n) is 5.23. The van der Waals surface area contributed by atoms with E-state index in [1.807, 2.05) is 0 Å². The number of aromatic nitrogens is 1. The Labute approximate surface area is 118 Å². The van der Waals surface area contributed by atoms with Crippen LogP contribution in [0.25, 0.3) is 12.2 Å². The normalized spacial score (nSPS) is 11.1. The summed E-state index contributed by atoms with van der Waals surface area (Å²) in [5.41, 5.74) is 0.752. The molecule has 1 heterocycles. The summed E-state index contributed by atoms with van der Waals surface area (Å²) in [5, 5.41) is 15.4. The molecule has 98 valence electrons. The lowest BCUT2D eigenvalue weighted by Gasteiger charge is -1.97. The number of halogens is 2. The predicted molar refractivity (Wildman–Crippen MR) is 73.3 cm³/mol. The van der Waals surface area contributed by atoms with Crippen LogP contribution < -0.4 is 0 Å². The maximum atomic E-state index is 10.9. The standard InChI is InChI=1S/C12H8Cl2N2O3/c1-7-12(16(17)18)11(19-15-7)5-3-8-2-4-9(13)6-10(8)14/h2-6H,1H3/b5-3+. The van der Waals surface area contributed by atoms with E-state index in [2.05, 4.69) is 5.16 Å². The summed E-state index contributed by atoms with van der Waals surface area (Å²) in [4.78, 5) is 10.3. The molecule has 5 nitrogen and oxygen atoms in total. The van der Waals surface area contributed by atoms with Crippen molar-refractivity contribution in [1.82, 2.24) is 5.16 Å². The number of nitro groups is 1. The van der Waals surface area contributed by atoms with Crippen molar-refractivity contribution in [1.29, 1.82) is 0 Å². The zero-order valence-electron chi connectivity index (χ0n) is 9.76. The molecule has 2 aromatic rings. The third kappa shape index (κ3) is 2.94. The van der Waals surface area contributed by atoms with Gasteiger partial charge in [0.15, 0.2) is 5.69 Å². The van der Waals surface area contributed by atoms with Gasteiger partial charge in [-0.25, -0.2) is 0 Å². The molecule has 0 bridgehead atoms. The van der Waals surface area contributed by atoms with Crippen molar-refractivity contribution in [2.24, 2.45) is 0 Å². The average molecular weight is 299 g/mol. The fourth-order valence-corrected chi connectivity index (χ4v) is 1.99. The molecule has 0 spiro atoms. The molecule has 0 aliphatic carbocycles. The van der Waals surface area contributed by atoms with Gasteiger partial charge in [0.1, 0.15) is 0 Å². The van der Waals surface area contributed by atoms with Gasteiger partial charge in [0, 0.05) is 10.0 Å². The molecule has 0 aliphatic rings. The van der Waals surface area contributed by atoms with Gasteiger partial charge in [-0.15, -0.1) is 0 Å². The second-order valence-corrected chi connectivity index (χ2v) is 4.58. The average Bonchev–Trinajstić information content (AvgIpc) is 2.69. The minimum absolute atomic E-state index is 0.0773. The highest BCUT2D eigenvalue weighted by Gasteiger charge is 2.21. The Hall–Kier alpha value is -1.85. The van der Waals surface area contributed by atoms with Gasteiger partial charge in [-0.1, -0.05) is 34.4 Å². The van der Waals surface area contributed by atoms with Crippen LogP contribution in [0.4, 0.5) is 5.69 Å². The lowest BCUT2D eigenvalue weighted by atomic mass is 10.2. The third-order valence-electron chi connectivity index (χ3n) is 2.42. The van der Waals surface area contributed by atoms with Gasteiger partial charge in [-0.05, 0) is 36.8 Å². The second kappa shape index (κ2) is 5.42. The van der Waals surface area contributed by atoms with Crippen molar-refractivity contribution in [3.8, 4) is 0 Å². The van der Waals surface area contributed by atoms with Crippen molar-refractivity contribution in [3.05, 3.63) is 55.4 Å². The van der Waals surface area contributed by atoms with Crippen LogP contribution in [0.5, 0.6) is 0 Å². The van der Waals surface area contributed by atoms with E-state index >= 15 is 0 Å². The number of aryl methyl sites for hydroxylation is 1. The van der Waals surface area contributed by atoms with Crippen molar-refractivity contribution < 1.29 is 9.45 Å². The Morgan fingerprint density at radius 1 is 1.37 bits per heavy atom. The molecule has 1 aromatic carbocycles. The Kier molecular flexibility index (Phi) is 3.87. The molecule has 19 heavy (non-hydrogen) atoms. The third-order valence-corrected chi connectivity index (χ3v) is 2.98. The second-order valence-electron chi connectivity index (χ2n) is 3.74. The lowest BCUT2D eigenvalue weighted by Crippen LogP contribution is -1.90. The summed E-state index contributed by atoms with van der Waals surface area (Å²) >= 11 is 11.8. The number of nitrogens with zero attached hydrogens (tertiary/aromatic N) is 2. The van der Waals surface area contributed by atoms with Crippen LogP contribution in [0.3, 0.4) is 0 Å². The summed E-state index contributed by atoms with van der Waals surface area (Å²) < 4.78 is 4.89. The lowest BCUT2D eigenvalue weighted by molar-refractivity contribution is -0.386. The molecule has 0 atom stereocenters. The van der Waals surface area contributed by atoms with E-state index in [0.29, 0.717) is 15.6 Å². The van der Waals surface area contributed by atoms with Gasteiger partial charge in [-0.2, -0.15) is 0 Å². The molecule has 2 rings (SSSR count). The highest BCUT2D eigenvalue weighted by molar-refractivity contribution is 6.35. The molecule has 0 N–H and O–H groups in total. The first-order chi connectivity index (χ1) is 8.99. The topological polar surface area (TPSA) is 69.2 Å². The van der Waals surface area contributed by atoms with Crippen LogP contribution in [-0.4, -0.2) is 10.1 Å². The molecule has 0 amide bonds. The van der Waals surface area contributed by atoms with Crippen LogP contribution in [0.2, 0.25) is 10.0 Å². The minimum atomic E-state index is -0.533.